The predicted octanol–water partition coefficient (Wildman–Crippen LogP) is 3.55. The monoisotopic (exact) mass is 345 g/mol. The highest BCUT2D eigenvalue weighted by molar-refractivity contribution is 9.10. The summed E-state index contributed by atoms with van der Waals surface area (Å²) in [5.74, 6) is -0.153. The summed E-state index contributed by atoms with van der Waals surface area (Å²) in [5, 5.41) is 0.766. The van der Waals surface area contributed by atoms with Crippen molar-refractivity contribution in [3.63, 3.8) is 0 Å². The van der Waals surface area contributed by atoms with E-state index in [4.69, 9.17) is 4.42 Å². The Balaban J connectivity index is 1.99. The lowest BCUT2D eigenvalue weighted by Crippen LogP contribution is -2.25. The van der Waals surface area contributed by atoms with E-state index in [-0.39, 0.29) is 17.9 Å². The highest BCUT2D eigenvalue weighted by Gasteiger charge is 2.15. The Hall–Kier alpha value is -2.14. The van der Waals surface area contributed by atoms with Crippen LogP contribution in [0.1, 0.15) is 15.9 Å². The molecule has 0 unspecified atom stereocenters. The van der Waals surface area contributed by atoms with Crippen molar-refractivity contribution in [3.8, 4) is 0 Å². The lowest BCUT2D eigenvalue weighted by Gasteiger charge is -2.06. The number of para-hydroxylation sites is 1. The van der Waals surface area contributed by atoms with Crippen LogP contribution in [0, 0.1) is 6.92 Å². The van der Waals surface area contributed by atoms with Gasteiger partial charge >= 0.3 is 0 Å². The van der Waals surface area contributed by atoms with Gasteiger partial charge in [-0.3, -0.25) is 9.59 Å². The number of benzene rings is 1. The summed E-state index contributed by atoms with van der Waals surface area (Å²) in [5.41, 5.74) is 1.59. The van der Waals surface area contributed by atoms with Crippen LogP contribution >= 0.6 is 15.9 Å². The Bertz CT molecular complexity index is 892. The van der Waals surface area contributed by atoms with E-state index in [0.717, 1.165) is 9.86 Å². The molecule has 2 aromatic heterocycles. The van der Waals surface area contributed by atoms with Gasteiger partial charge in [-0.05, 0) is 35.0 Å². The van der Waals surface area contributed by atoms with Crippen molar-refractivity contribution >= 4 is 32.7 Å². The van der Waals surface area contributed by atoms with Crippen LogP contribution in [0.3, 0.4) is 0 Å². The number of aryl methyl sites for hydroxylation is 1. The van der Waals surface area contributed by atoms with E-state index in [0.29, 0.717) is 16.7 Å². The molecule has 3 rings (SSSR count). The first-order chi connectivity index (χ1) is 10.1. The maximum absolute atomic E-state index is 12.4. The number of halogens is 1. The minimum Gasteiger partial charge on any atom is -0.464 e. The van der Waals surface area contributed by atoms with Gasteiger partial charge < -0.3 is 8.98 Å². The van der Waals surface area contributed by atoms with E-state index >= 15 is 0 Å². The van der Waals surface area contributed by atoms with E-state index in [2.05, 4.69) is 15.9 Å². The summed E-state index contributed by atoms with van der Waals surface area (Å²) in [6.45, 7) is 1.71. The van der Waals surface area contributed by atoms with Gasteiger partial charge in [-0.15, -0.1) is 0 Å². The Kier molecular flexibility index (Phi) is 3.51. The summed E-state index contributed by atoms with van der Waals surface area (Å²) < 4.78 is 7.54. The van der Waals surface area contributed by atoms with Crippen molar-refractivity contribution in [3.05, 3.63) is 68.7 Å². The standard InChI is InChI=1S/C16H12BrNO3/c1-10-6-11(17)7-18(16(10)20)8-14(19)13-9-21-15-5-3-2-4-12(13)15/h2-7,9H,8H2,1H3. The number of Topliss-reactive ketones (excluding diaryl/α,β-unsaturated/α-hetero) is 1. The zero-order valence-corrected chi connectivity index (χ0v) is 12.9. The molecule has 3 aromatic rings. The quantitative estimate of drug-likeness (QED) is 0.682. The van der Waals surface area contributed by atoms with Gasteiger partial charge in [0.15, 0.2) is 5.78 Å². The lowest BCUT2D eigenvalue weighted by atomic mass is 10.1. The van der Waals surface area contributed by atoms with Gasteiger partial charge in [-0.25, -0.2) is 0 Å². The summed E-state index contributed by atoms with van der Waals surface area (Å²) in [6.07, 6.45) is 3.07. The Morgan fingerprint density at radius 3 is 2.90 bits per heavy atom. The molecule has 2 heterocycles. The molecule has 4 nitrogen and oxygen atoms in total. The number of rotatable bonds is 3. The third kappa shape index (κ3) is 2.56. The number of carbonyl (C=O) groups excluding carboxylic acids is 1. The fourth-order valence-corrected chi connectivity index (χ4v) is 2.88. The van der Waals surface area contributed by atoms with E-state index in [9.17, 15) is 9.59 Å². The fraction of sp³-hybridized carbons (Fsp3) is 0.125. The number of carbonyl (C=O) groups is 1. The van der Waals surface area contributed by atoms with Crippen molar-refractivity contribution in [2.75, 3.05) is 0 Å². The number of hydrogen-bond acceptors (Lipinski definition) is 3. The SMILES string of the molecule is Cc1cc(Br)cn(CC(=O)c2coc3ccccc23)c1=O. The number of ketones is 1. The van der Waals surface area contributed by atoms with Crippen molar-refractivity contribution < 1.29 is 9.21 Å². The molecule has 0 bridgehead atoms. The van der Waals surface area contributed by atoms with Gasteiger partial charge in [0.1, 0.15) is 11.8 Å². The van der Waals surface area contributed by atoms with E-state index < -0.39 is 0 Å². The first-order valence-electron chi connectivity index (χ1n) is 6.42. The minimum absolute atomic E-state index is 0.0113. The molecule has 0 N–H and O–H groups in total. The maximum Gasteiger partial charge on any atom is 0.253 e. The number of nitrogens with zero attached hydrogens (tertiary/aromatic N) is 1. The predicted molar refractivity (Wildman–Crippen MR) is 83.7 cm³/mol. The average Bonchev–Trinajstić information content (AvgIpc) is 2.88. The molecule has 0 fully saturated rings. The van der Waals surface area contributed by atoms with Crippen molar-refractivity contribution in [2.24, 2.45) is 0 Å². The van der Waals surface area contributed by atoms with Crippen LogP contribution in [0.4, 0.5) is 0 Å². The number of hydrogen-bond donors (Lipinski definition) is 0. The molecule has 0 radical (unpaired) electrons. The highest BCUT2D eigenvalue weighted by atomic mass is 79.9. The van der Waals surface area contributed by atoms with Crippen LogP contribution in [-0.2, 0) is 6.54 Å². The molecule has 106 valence electrons. The van der Waals surface area contributed by atoms with Gasteiger partial charge in [0.2, 0.25) is 0 Å². The molecule has 0 aliphatic heterocycles. The smallest absolute Gasteiger partial charge is 0.253 e. The molecule has 0 amide bonds. The molecule has 0 atom stereocenters. The van der Waals surface area contributed by atoms with Crippen LogP contribution in [0.2, 0.25) is 0 Å². The largest absolute Gasteiger partial charge is 0.464 e. The second kappa shape index (κ2) is 5.33. The van der Waals surface area contributed by atoms with E-state index in [1.807, 2.05) is 24.3 Å². The maximum atomic E-state index is 12.4. The molecule has 0 spiro atoms. The first kappa shape index (κ1) is 13.8. The van der Waals surface area contributed by atoms with Gasteiger partial charge in [0, 0.05) is 21.6 Å². The van der Waals surface area contributed by atoms with E-state index in [1.54, 1.807) is 19.2 Å². The van der Waals surface area contributed by atoms with Crippen molar-refractivity contribution in [1.29, 1.82) is 0 Å². The molecule has 1 aromatic carbocycles. The van der Waals surface area contributed by atoms with E-state index in [1.165, 1.54) is 10.8 Å². The Labute approximate surface area is 129 Å². The van der Waals surface area contributed by atoms with Gasteiger partial charge in [0.25, 0.3) is 5.56 Å². The molecular formula is C16H12BrNO3. The number of fused-ring (bicyclic) bond motifs is 1. The van der Waals surface area contributed by atoms with Crippen LogP contribution in [0.15, 0.2) is 56.5 Å². The number of pyridine rings is 1. The Morgan fingerprint density at radius 2 is 2.10 bits per heavy atom. The molecule has 21 heavy (non-hydrogen) atoms. The average molecular weight is 346 g/mol. The molecular weight excluding hydrogens is 334 g/mol. The second-order valence-corrected chi connectivity index (χ2v) is 5.76. The zero-order chi connectivity index (χ0) is 15.0. The third-order valence-electron chi connectivity index (χ3n) is 3.33. The van der Waals surface area contributed by atoms with Gasteiger partial charge in [-0.2, -0.15) is 0 Å². The summed E-state index contributed by atoms with van der Waals surface area (Å²) in [4.78, 5) is 24.5. The molecule has 0 saturated heterocycles. The third-order valence-corrected chi connectivity index (χ3v) is 3.76. The summed E-state index contributed by atoms with van der Waals surface area (Å²) in [6, 6.07) is 9.07. The van der Waals surface area contributed by atoms with Gasteiger partial charge in [0.05, 0.1) is 12.1 Å². The number of furan rings is 1. The minimum atomic E-state index is -0.167. The van der Waals surface area contributed by atoms with Gasteiger partial charge in [-0.1, -0.05) is 18.2 Å². The fourth-order valence-electron chi connectivity index (χ4n) is 2.29. The Morgan fingerprint density at radius 1 is 1.33 bits per heavy atom. The molecule has 0 saturated carbocycles. The molecule has 0 aliphatic rings. The van der Waals surface area contributed by atoms with Crippen molar-refractivity contribution in [2.45, 2.75) is 13.5 Å². The number of aromatic nitrogens is 1. The normalized spacial score (nSPS) is 11.0. The molecule has 5 heteroatoms. The zero-order valence-electron chi connectivity index (χ0n) is 11.3. The lowest BCUT2D eigenvalue weighted by molar-refractivity contribution is 0.0971. The van der Waals surface area contributed by atoms with Crippen molar-refractivity contribution in [1.82, 2.24) is 4.57 Å². The van der Waals surface area contributed by atoms with Crippen LogP contribution in [-0.4, -0.2) is 10.4 Å². The molecule has 0 aliphatic carbocycles. The van der Waals surface area contributed by atoms with Crippen LogP contribution < -0.4 is 5.56 Å². The second-order valence-electron chi connectivity index (χ2n) is 4.84. The van der Waals surface area contributed by atoms with Crippen LogP contribution in [0.5, 0.6) is 0 Å². The first-order valence-corrected chi connectivity index (χ1v) is 7.21. The summed E-state index contributed by atoms with van der Waals surface area (Å²) in [7, 11) is 0. The summed E-state index contributed by atoms with van der Waals surface area (Å²) >= 11 is 3.34. The van der Waals surface area contributed by atoms with Crippen LogP contribution in [0.25, 0.3) is 11.0 Å². The topological polar surface area (TPSA) is 52.2 Å². The highest BCUT2D eigenvalue weighted by Crippen LogP contribution is 2.21.